The number of nitrogens with one attached hydrogen (secondary N) is 1. The Kier molecular flexibility index (Phi) is 6.98. The number of thiocarbonyl (C=S) groups is 1. The molecule has 1 aromatic rings. The lowest BCUT2D eigenvalue weighted by Gasteiger charge is -2.22. The lowest BCUT2D eigenvalue weighted by molar-refractivity contribution is -0.141. The Labute approximate surface area is 135 Å². The summed E-state index contributed by atoms with van der Waals surface area (Å²) < 4.78 is 4.87. The van der Waals surface area contributed by atoms with Crippen molar-refractivity contribution in [1.29, 1.82) is 0 Å². The minimum atomic E-state index is -0.416. The maximum atomic E-state index is 11.9. The van der Waals surface area contributed by atoms with E-state index in [1.807, 2.05) is 24.5 Å². The van der Waals surface area contributed by atoms with Gasteiger partial charge in [0.25, 0.3) is 0 Å². The normalized spacial score (nSPS) is 12.0. The molecule has 0 aliphatic carbocycles. The Morgan fingerprint density at radius 3 is 2.62 bits per heavy atom. The standard InChI is InChI=1S/C15H22N2O2S2/c1-9(2)8-11(15(18)19-3)17-10-6-5-7-12(21-4)13(10)14(16)20/h5-7,9,11,17H,8H2,1-4H3,(H2,16,20). The molecule has 0 radical (unpaired) electrons. The van der Waals surface area contributed by atoms with E-state index in [2.05, 4.69) is 19.2 Å². The molecular formula is C15H22N2O2S2. The Hall–Kier alpha value is -1.27. The summed E-state index contributed by atoms with van der Waals surface area (Å²) in [6.07, 6.45) is 2.64. The van der Waals surface area contributed by atoms with Crippen LogP contribution in [0.25, 0.3) is 0 Å². The van der Waals surface area contributed by atoms with Crippen LogP contribution in [0.2, 0.25) is 0 Å². The highest BCUT2D eigenvalue weighted by atomic mass is 32.2. The minimum Gasteiger partial charge on any atom is -0.467 e. The average molecular weight is 326 g/mol. The summed E-state index contributed by atoms with van der Waals surface area (Å²) in [4.78, 5) is 13.2. The minimum absolute atomic E-state index is 0.285. The fraction of sp³-hybridized carbons (Fsp3) is 0.467. The van der Waals surface area contributed by atoms with Gasteiger partial charge < -0.3 is 15.8 Å². The fourth-order valence-corrected chi connectivity index (χ4v) is 3.01. The topological polar surface area (TPSA) is 64.3 Å². The highest BCUT2D eigenvalue weighted by Crippen LogP contribution is 2.28. The van der Waals surface area contributed by atoms with Crippen molar-refractivity contribution < 1.29 is 9.53 Å². The number of carbonyl (C=O) groups is 1. The first-order valence-corrected chi connectivity index (χ1v) is 8.35. The quantitative estimate of drug-likeness (QED) is 0.456. The molecule has 6 heteroatoms. The molecule has 0 spiro atoms. The molecule has 0 bridgehead atoms. The number of hydrogen-bond acceptors (Lipinski definition) is 5. The van der Waals surface area contributed by atoms with Crippen LogP contribution in [0.4, 0.5) is 5.69 Å². The molecular weight excluding hydrogens is 304 g/mol. The number of hydrogen-bond donors (Lipinski definition) is 2. The Bertz CT molecular complexity index is 518. The summed E-state index contributed by atoms with van der Waals surface area (Å²) >= 11 is 6.72. The number of rotatable bonds is 7. The van der Waals surface area contributed by atoms with Gasteiger partial charge in [-0.25, -0.2) is 4.79 Å². The molecule has 0 amide bonds. The van der Waals surface area contributed by atoms with Crippen LogP contribution in [-0.2, 0) is 9.53 Å². The Balaban J connectivity index is 3.14. The van der Waals surface area contributed by atoms with Crippen LogP contribution < -0.4 is 11.1 Å². The molecule has 1 aromatic carbocycles. The monoisotopic (exact) mass is 326 g/mol. The number of nitrogens with two attached hydrogens (primary N) is 1. The fourth-order valence-electron chi connectivity index (χ4n) is 2.09. The van der Waals surface area contributed by atoms with Crippen LogP contribution in [0, 0.1) is 5.92 Å². The zero-order valence-corrected chi connectivity index (χ0v) is 14.4. The maximum absolute atomic E-state index is 11.9. The second kappa shape index (κ2) is 8.24. The molecule has 0 aliphatic heterocycles. The van der Waals surface area contributed by atoms with E-state index in [4.69, 9.17) is 22.7 Å². The number of benzene rings is 1. The average Bonchev–Trinajstić information content (AvgIpc) is 2.44. The molecule has 4 nitrogen and oxygen atoms in total. The summed E-state index contributed by atoms with van der Waals surface area (Å²) in [6, 6.07) is 5.34. The van der Waals surface area contributed by atoms with Crippen molar-refractivity contribution in [2.45, 2.75) is 31.2 Å². The number of anilines is 1. The van der Waals surface area contributed by atoms with Crippen LogP contribution in [0.1, 0.15) is 25.8 Å². The van der Waals surface area contributed by atoms with Crippen molar-refractivity contribution in [2.24, 2.45) is 11.7 Å². The summed E-state index contributed by atoms with van der Waals surface area (Å²) in [7, 11) is 1.39. The molecule has 1 unspecified atom stereocenters. The summed E-state index contributed by atoms with van der Waals surface area (Å²) in [5.74, 6) is 0.0748. The Morgan fingerprint density at radius 2 is 2.14 bits per heavy atom. The lowest BCUT2D eigenvalue weighted by Crippen LogP contribution is -2.33. The highest BCUT2D eigenvalue weighted by Gasteiger charge is 2.22. The van der Waals surface area contributed by atoms with Crippen molar-refractivity contribution in [2.75, 3.05) is 18.7 Å². The molecule has 3 N–H and O–H groups in total. The summed E-state index contributed by atoms with van der Waals surface area (Å²) in [5.41, 5.74) is 7.38. The van der Waals surface area contributed by atoms with Gasteiger partial charge in [-0.2, -0.15) is 0 Å². The third-order valence-corrected chi connectivity index (χ3v) is 4.00. The first kappa shape index (κ1) is 17.8. The molecule has 21 heavy (non-hydrogen) atoms. The van der Waals surface area contributed by atoms with E-state index in [1.54, 1.807) is 11.8 Å². The van der Waals surface area contributed by atoms with Crippen LogP contribution >= 0.6 is 24.0 Å². The molecule has 116 valence electrons. The van der Waals surface area contributed by atoms with Gasteiger partial charge in [-0.15, -0.1) is 11.8 Å². The summed E-state index contributed by atoms with van der Waals surface area (Å²) in [6.45, 7) is 4.12. The van der Waals surface area contributed by atoms with Crippen molar-refractivity contribution in [3.63, 3.8) is 0 Å². The van der Waals surface area contributed by atoms with Gasteiger partial charge in [-0.1, -0.05) is 32.1 Å². The third-order valence-electron chi connectivity index (χ3n) is 3.02. The number of carbonyl (C=O) groups excluding carboxylic acids is 1. The van der Waals surface area contributed by atoms with E-state index in [1.165, 1.54) is 7.11 Å². The van der Waals surface area contributed by atoms with Gasteiger partial charge in [0, 0.05) is 16.1 Å². The van der Waals surface area contributed by atoms with Crippen LogP contribution in [0.15, 0.2) is 23.1 Å². The first-order chi connectivity index (χ1) is 9.90. The first-order valence-electron chi connectivity index (χ1n) is 6.71. The molecule has 0 heterocycles. The number of esters is 1. The zero-order chi connectivity index (χ0) is 16.0. The van der Waals surface area contributed by atoms with Gasteiger partial charge in [0.1, 0.15) is 11.0 Å². The molecule has 0 saturated heterocycles. The van der Waals surface area contributed by atoms with Crippen molar-refractivity contribution >= 4 is 40.6 Å². The van der Waals surface area contributed by atoms with E-state index in [0.717, 1.165) is 16.1 Å². The molecule has 1 atom stereocenters. The Morgan fingerprint density at radius 1 is 1.48 bits per heavy atom. The zero-order valence-electron chi connectivity index (χ0n) is 12.8. The predicted octanol–water partition coefficient (Wildman–Crippen LogP) is 3.04. The van der Waals surface area contributed by atoms with E-state index in [0.29, 0.717) is 17.3 Å². The van der Waals surface area contributed by atoms with E-state index < -0.39 is 6.04 Å². The van der Waals surface area contributed by atoms with Crippen LogP contribution in [0.5, 0.6) is 0 Å². The van der Waals surface area contributed by atoms with Crippen molar-refractivity contribution in [3.05, 3.63) is 23.8 Å². The van der Waals surface area contributed by atoms with Gasteiger partial charge in [-0.05, 0) is 30.7 Å². The van der Waals surface area contributed by atoms with Gasteiger partial charge in [0.2, 0.25) is 0 Å². The second-order valence-electron chi connectivity index (χ2n) is 5.10. The highest BCUT2D eigenvalue weighted by molar-refractivity contribution is 7.98. The maximum Gasteiger partial charge on any atom is 0.328 e. The smallest absolute Gasteiger partial charge is 0.328 e. The van der Waals surface area contributed by atoms with Gasteiger partial charge in [-0.3, -0.25) is 0 Å². The lowest BCUT2D eigenvalue weighted by atomic mass is 10.0. The van der Waals surface area contributed by atoms with Crippen LogP contribution in [-0.4, -0.2) is 30.4 Å². The van der Waals surface area contributed by atoms with E-state index in [-0.39, 0.29) is 5.97 Å². The molecule has 0 saturated carbocycles. The molecule has 1 rings (SSSR count). The summed E-state index contributed by atoms with van der Waals surface area (Å²) in [5, 5.41) is 3.23. The number of thioether (sulfide) groups is 1. The second-order valence-corrected chi connectivity index (χ2v) is 6.38. The van der Waals surface area contributed by atoms with Gasteiger partial charge in [0.15, 0.2) is 0 Å². The molecule has 0 aliphatic rings. The largest absolute Gasteiger partial charge is 0.467 e. The predicted molar refractivity (Wildman–Crippen MR) is 93.0 cm³/mol. The molecule has 0 fully saturated rings. The van der Waals surface area contributed by atoms with Crippen LogP contribution in [0.3, 0.4) is 0 Å². The number of ether oxygens (including phenoxy) is 1. The van der Waals surface area contributed by atoms with Crippen molar-refractivity contribution in [3.8, 4) is 0 Å². The SMILES string of the molecule is COC(=O)C(CC(C)C)Nc1cccc(SC)c1C(N)=S. The number of methoxy groups -OCH3 is 1. The van der Waals surface area contributed by atoms with Crippen molar-refractivity contribution in [1.82, 2.24) is 0 Å². The van der Waals surface area contributed by atoms with E-state index >= 15 is 0 Å². The third kappa shape index (κ3) is 4.89. The van der Waals surface area contributed by atoms with Gasteiger partial charge in [0.05, 0.1) is 7.11 Å². The molecule has 0 aromatic heterocycles. The van der Waals surface area contributed by atoms with E-state index in [9.17, 15) is 4.79 Å². The van der Waals surface area contributed by atoms with Gasteiger partial charge >= 0.3 is 5.97 Å².